The van der Waals surface area contributed by atoms with Gasteiger partial charge in [-0.05, 0) is 6.92 Å². The number of ether oxygens (including phenoxy) is 1. The number of hydrogen-bond acceptors (Lipinski definition) is 3. The van der Waals surface area contributed by atoms with E-state index in [0.717, 1.165) is 0 Å². The van der Waals surface area contributed by atoms with Crippen LogP contribution in [0.5, 0.6) is 0 Å². The van der Waals surface area contributed by atoms with E-state index in [4.69, 9.17) is 0 Å². The predicted octanol–water partition coefficient (Wildman–Crippen LogP) is -0.0244. The van der Waals surface area contributed by atoms with Crippen molar-refractivity contribution in [2.24, 2.45) is 0 Å². The van der Waals surface area contributed by atoms with Gasteiger partial charge in [-0.1, -0.05) is 0 Å². The van der Waals surface area contributed by atoms with Crippen LogP contribution in [0, 0.1) is 0 Å². The molecule has 0 saturated heterocycles. The molecular formula is C4H6BrNO3. The summed E-state index contributed by atoms with van der Waals surface area (Å²) >= 11 is 2.58. The minimum absolute atomic E-state index is 0.208. The van der Waals surface area contributed by atoms with Gasteiger partial charge in [0.1, 0.15) is 0 Å². The smallest absolute Gasteiger partial charge is 0.397 e. The number of esters is 1. The molecule has 52 valence electrons. The second-order valence-corrected chi connectivity index (χ2v) is 1.54. The summed E-state index contributed by atoms with van der Waals surface area (Å²) < 4.78 is 6.26. The highest BCUT2D eigenvalue weighted by Gasteiger charge is 2.11. The van der Waals surface area contributed by atoms with Gasteiger partial charge in [-0.15, -0.1) is 0 Å². The molecule has 0 aliphatic rings. The van der Waals surface area contributed by atoms with Crippen molar-refractivity contribution in [2.45, 2.75) is 6.92 Å². The maximum atomic E-state index is 10.3. The molecule has 0 unspecified atom stereocenters. The molecule has 0 radical (unpaired) electrons. The Morgan fingerprint density at radius 2 is 2.22 bits per heavy atom. The second-order valence-electron chi connectivity index (χ2n) is 1.14. The summed E-state index contributed by atoms with van der Waals surface area (Å²) in [5, 5.41) is 0. The molecule has 0 aliphatic heterocycles. The Hall–Kier alpha value is -0.580. The van der Waals surface area contributed by atoms with Crippen LogP contribution < -0.4 is 4.34 Å². The van der Waals surface area contributed by atoms with Gasteiger partial charge in [-0.25, -0.2) is 4.79 Å². The first-order valence-electron chi connectivity index (χ1n) is 2.30. The van der Waals surface area contributed by atoms with E-state index >= 15 is 0 Å². The fraction of sp³-hybridized carbons (Fsp3) is 0.500. The molecule has 0 saturated carbocycles. The zero-order valence-electron chi connectivity index (χ0n) is 4.81. The van der Waals surface area contributed by atoms with Crippen LogP contribution in [-0.4, -0.2) is 18.5 Å². The average molecular weight is 196 g/mol. The molecule has 1 N–H and O–H groups in total. The standard InChI is InChI=1S/C4H6BrNO3/c1-2-9-4(8)3(7)6-5/h2H2,1H3,(H,6,7). The molecule has 0 spiro atoms. The summed E-state index contributed by atoms with van der Waals surface area (Å²) in [6.07, 6.45) is 0. The minimum atomic E-state index is -0.880. The first-order valence-corrected chi connectivity index (χ1v) is 3.09. The SMILES string of the molecule is CCOC(=O)C(=O)NBr. The molecule has 4 nitrogen and oxygen atoms in total. The summed E-state index contributed by atoms with van der Waals surface area (Å²) in [4.78, 5) is 20.6. The van der Waals surface area contributed by atoms with Crippen LogP contribution in [0.1, 0.15) is 6.92 Å². The van der Waals surface area contributed by atoms with Crippen molar-refractivity contribution in [3.63, 3.8) is 0 Å². The number of rotatable bonds is 1. The Morgan fingerprint density at radius 1 is 1.67 bits per heavy atom. The van der Waals surface area contributed by atoms with Crippen molar-refractivity contribution in [1.29, 1.82) is 0 Å². The maximum absolute atomic E-state index is 10.3. The van der Waals surface area contributed by atoms with E-state index in [0.29, 0.717) is 0 Å². The number of hydrogen-bond donors (Lipinski definition) is 1. The zero-order valence-corrected chi connectivity index (χ0v) is 6.40. The molecule has 1 amide bonds. The van der Waals surface area contributed by atoms with Gasteiger partial charge in [0.05, 0.1) is 6.61 Å². The van der Waals surface area contributed by atoms with Crippen LogP contribution in [0.3, 0.4) is 0 Å². The van der Waals surface area contributed by atoms with E-state index < -0.39 is 11.9 Å². The lowest BCUT2D eigenvalue weighted by Crippen LogP contribution is -2.25. The lowest BCUT2D eigenvalue weighted by atomic mass is 10.6. The molecule has 0 aliphatic carbocycles. The first-order chi connectivity index (χ1) is 4.22. The number of halogens is 1. The fourth-order valence-electron chi connectivity index (χ4n) is 0.235. The van der Waals surface area contributed by atoms with E-state index in [1.165, 1.54) is 0 Å². The van der Waals surface area contributed by atoms with E-state index in [2.05, 4.69) is 20.9 Å². The molecule has 0 aromatic heterocycles. The van der Waals surface area contributed by atoms with E-state index in [9.17, 15) is 9.59 Å². The van der Waals surface area contributed by atoms with Crippen LogP contribution in [0.15, 0.2) is 0 Å². The number of carbonyl (C=O) groups excluding carboxylic acids is 2. The lowest BCUT2D eigenvalue weighted by molar-refractivity contribution is -0.153. The van der Waals surface area contributed by atoms with Crippen molar-refractivity contribution in [3.05, 3.63) is 0 Å². The van der Waals surface area contributed by atoms with Crippen LogP contribution in [-0.2, 0) is 14.3 Å². The highest BCUT2D eigenvalue weighted by atomic mass is 79.9. The third kappa shape index (κ3) is 3.07. The van der Waals surface area contributed by atoms with Gasteiger partial charge >= 0.3 is 11.9 Å². The second kappa shape index (κ2) is 4.31. The number of amides is 1. The third-order valence-corrected chi connectivity index (χ3v) is 0.907. The van der Waals surface area contributed by atoms with Crippen molar-refractivity contribution in [2.75, 3.05) is 6.61 Å². The molecule has 9 heavy (non-hydrogen) atoms. The van der Waals surface area contributed by atoms with Gasteiger partial charge in [0.2, 0.25) is 0 Å². The van der Waals surface area contributed by atoms with Crippen LogP contribution in [0.4, 0.5) is 0 Å². The fourth-order valence-corrected chi connectivity index (χ4v) is 0.397. The lowest BCUT2D eigenvalue weighted by Gasteiger charge is -1.95. The molecule has 0 fully saturated rings. The first kappa shape index (κ1) is 8.42. The summed E-state index contributed by atoms with van der Waals surface area (Å²) in [7, 11) is 0. The Morgan fingerprint density at radius 3 is 2.56 bits per heavy atom. The molecule has 0 atom stereocenters. The van der Waals surface area contributed by atoms with Gasteiger partial charge in [-0.2, -0.15) is 0 Å². The quantitative estimate of drug-likeness (QED) is 0.364. The van der Waals surface area contributed by atoms with Crippen molar-refractivity contribution in [1.82, 2.24) is 4.34 Å². The van der Waals surface area contributed by atoms with Crippen LogP contribution in [0.25, 0.3) is 0 Å². The molecule has 0 aromatic rings. The molecule has 0 rings (SSSR count). The van der Waals surface area contributed by atoms with Gasteiger partial charge in [0.15, 0.2) is 0 Å². The minimum Gasteiger partial charge on any atom is -0.459 e. The Kier molecular flexibility index (Phi) is 4.04. The largest absolute Gasteiger partial charge is 0.459 e. The van der Waals surface area contributed by atoms with Crippen molar-refractivity contribution in [3.8, 4) is 0 Å². The summed E-state index contributed by atoms with van der Waals surface area (Å²) in [5.74, 6) is -1.67. The summed E-state index contributed by atoms with van der Waals surface area (Å²) in [6, 6.07) is 0. The zero-order chi connectivity index (χ0) is 7.28. The highest BCUT2D eigenvalue weighted by Crippen LogP contribution is 1.79. The third-order valence-electron chi connectivity index (χ3n) is 0.547. The topological polar surface area (TPSA) is 55.4 Å². The number of nitrogens with one attached hydrogen (secondary N) is 1. The Bertz CT molecular complexity index is 125. The monoisotopic (exact) mass is 195 g/mol. The Labute approximate surface area is 60.9 Å². The molecule has 5 heteroatoms. The van der Waals surface area contributed by atoms with Gasteiger partial charge in [0.25, 0.3) is 0 Å². The number of carbonyl (C=O) groups is 2. The highest BCUT2D eigenvalue weighted by molar-refractivity contribution is 9.08. The van der Waals surface area contributed by atoms with E-state index in [1.54, 1.807) is 6.92 Å². The van der Waals surface area contributed by atoms with E-state index in [1.807, 2.05) is 4.34 Å². The summed E-state index contributed by atoms with van der Waals surface area (Å²) in [6.45, 7) is 1.83. The molecule has 0 bridgehead atoms. The maximum Gasteiger partial charge on any atom is 0.397 e. The normalized spacial score (nSPS) is 8.22. The molecule has 0 heterocycles. The van der Waals surface area contributed by atoms with Gasteiger partial charge < -0.3 is 4.74 Å². The molecule has 0 aromatic carbocycles. The Balaban J connectivity index is 3.60. The van der Waals surface area contributed by atoms with E-state index in [-0.39, 0.29) is 6.61 Å². The van der Waals surface area contributed by atoms with Crippen LogP contribution in [0.2, 0.25) is 0 Å². The van der Waals surface area contributed by atoms with Crippen LogP contribution >= 0.6 is 16.1 Å². The summed E-state index contributed by atoms with van der Waals surface area (Å²) in [5.41, 5.74) is 0. The van der Waals surface area contributed by atoms with Crippen molar-refractivity contribution < 1.29 is 14.3 Å². The molecular weight excluding hydrogens is 190 g/mol. The average Bonchev–Trinajstić information content (AvgIpc) is 1.87. The van der Waals surface area contributed by atoms with Gasteiger partial charge in [-0.3, -0.25) is 9.14 Å². The van der Waals surface area contributed by atoms with Crippen molar-refractivity contribution >= 4 is 28.0 Å². The predicted molar refractivity (Wildman–Crippen MR) is 33.7 cm³/mol. The van der Waals surface area contributed by atoms with Gasteiger partial charge in [0, 0.05) is 16.1 Å².